The maximum Gasteiger partial charge on any atom is 0.119 e. The number of nitrogens with zero attached hydrogens (tertiary/aromatic N) is 2. The molecule has 1 fully saturated rings. The van der Waals surface area contributed by atoms with Crippen LogP contribution in [0.15, 0.2) is 54.6 Å². The number of piperazine rings is 1. The largest absolute Gasteiger partial charge is 0.497 e. The van der Waals surface area contributed by atoms with Crippen LogP contribution in [0.1, 0.15) is 17.7 Å². The van der Waals surface area contributed by atoms with Gasteiger partial charge in [0.15, 0.2) is 0 Å². The van der Waals surface area contributed by atoms with Crippen LogP contribution in [-0.2, 0) is 13.1 Å². The maximum atomic E-state index is 9.58. The normalized spacial score (nSPS) is 18.6. The number of aliphatic hydroxyl groups excluding tert-OH is 1. The van der Waals surface area contributed by atoms with E-state index in [1.54, 1.807) is 7.11 Å². The molecule has 0 unspecified atom stereocenters. The summed E-state index contributed by atoms with van der Waals surface area (Å²) in [5, 5.41) is 10.8. The second-order valence-corrected chi connectivity index (χ2v) is 7.61. The molecule has 148 valence electrons. The highest BCUT2D eigenvalue weighted by Gasteiger charge is 2.27. The first-order chi connectivity index (χ1) is 13.7. The lowest BCUT2D eigenvalue weighted by molar-refractivity contribution is 0.0494. The molecule has 0 aliphatic carbocycles. The van der Waals surface area contributed by atoms with Gasteiger partial charge in [-0.2, -0.15) is 0 Å². The van der Waals surface area contributed by atoms with E-state index in [-0.39, 0.29) is 6.61 Å². The summed E-state index contributed by atoms with van der Waals surface area (Å²) in [6.45, 7) is 5.04. The summed E-state index contributed by atoms with van der Waals surface area (Å²) in [4.78, 5) is 8.52. The van der Waals surface area contributed by atoms with Crippen LogP contribution in [-0.4, -0.2) is 59.3 Å². The fourth-order valence-corrected chi connectivity index (χ4v) is 4.20. The minimum Gasteiger partial charge on any atom is -0.497 e. The van der Waals surface area contributed by atoms with E-state index >= 15 is 0 Å². The molecule has 5 heteroatoms. The first-order valence-corrected chi connectivity index (χ1v) is 10.0. The van der Waals surface area contributed by atoms with E-state index in [4.69, 9.17) is 4.74 Å². The lowest BCUT2D eigenvalue weighted by atomic mass is 10.1. The topological polar surface area (TPSA) is 51.7 Å². The van der Waals surface area contributed by atoms with Crippen molar-refractivity contribution in [1.82, 2.24) is 14.8 Å². The van der Waals surface area contributed by atoms with Crippen LogP contribution in [0, 0.1) is 0 Å². The number of hydrogen-bond acceptors (Lipinski definition) is 4. The summed E-state index contributed by atoms with van der Waals surface area (Å²) in [5.41, 5.74) is 3.71. The lowest BCUT2D eigenvalue weighted by Crippen LogP contribution is -2.52. The Morgan fingerprint density at radius 3 is 2.79 bits per heavy atom. The molecule has 5 nitrogen and oxygen atoms in total. The molecule has 1 aliphatic rings. The fraction of sp³-hybridized carbons (Fsp3) is 0.391. The Morgan fingerprint density at radius 1 is 1.07 bits per heavy atom. The molecule has 3 aromatic rings. The standard InChI is InChI=1S/C23H29N3O2/c1-28-22-7-4-5-18(13-22)15-26-11-10-25(17-21(26)9-12-27)16-20-14-19-6-2-3-8-23(19)24-20/h2-8,13-14,21,24,27H,9-12,15-17H2,1H3/t21-/m1/s1. The summed E-state index contributed by atoms with van der Waals surface area (Å²) < 4.78 is 5.36. The number of aromatic amines is 1. The Labute approximate surface area is 166 Å². The zero-order valence-electron chi connectivity index (χ0n) is 16.5. The molecule has 0 bridgehead atoms. The van der Waals surface area contributed by atoms with Gasteiger partial charge in [0.25, 0.3) is 0 Å². The lowest BCUT2D eigenvalue weighted by Gasteiger charge is -2.41. The van der Waals surface area contributed by atoms with Crippen molar-refractivity contribution in [3.05, 3.63) is 65.9 Å². The number of H-pyrrole nitrogens is 1. The first kappa shape index (κ1) is 19.0. The van der Waals surface area contributed by atoms with Gasteiger partial charge in [0.1, 0.15) is 5.75 Å². The molecule has 0 amide bonds. The van der Waals surface area contributed by atoms with Crippen molar-refractivity contribution in [2.24, 2.45) is 0 Å². The summed E-state index contributed by atoms with van der Waals surface area (Å²) in [5.74, 6) is 0.897. The Kier molecular flexibility index (Phi) is 5.95. The predicted octanol–water partition coefficient (Wildman–Crippen LogP) is 3.25. The third-order valence-corrected chi connectivity index (χ3v) is 5.65. The number of benzene rings is 2. The number of hydrogen-bond donors (Lipinski definition) is 2. The van der Waals surface area contributed by atoms with Gasteiger partial charge in [-0.25, -0.2) is 0 Å². The summed E-state index contributed by atoms with van der Waals surface area (Å²) >= 11 is 0. The van der Waals surface area contributed by atoms with Crippen molar-refractivity contribution in [3.63, 3.8) is 0 Å². The molecule has 1 aromatic heterocycles. The highest BCUT2D eigenvalue weighted by atomic mass is 16.5. The molecule has 1 aliphatic heterocycles. The second kappa shape index (κ2) is 8.78. The smallest absolute Gasteiger partial charge is 0.119 e. The average Bonchev–Trinajstić information content (AvgIpc) is 3.12. The van der Waals surface area contributed by atoms with Gasteiger partial charge in [-0.3, -0.25) is 9.80 Å². The van der Waals surface area contributed by atoms with E-state index < -0.39 is 0 Å². The summed E-state index contributed by atoms with van der Waals surface area (Å²) in [7, 11) is 1.70. The van der Waals surface area contributed by atoms with Gasteiger partial charge in [-0.05, 0) is 41.6 Å². The van der Waals surface area contributed by atoms with Crippen LogP contribution in [0.5, 0.6) is 5.75 Å². The van der Waals surface area contributed by atoms with Crippen LogP contribution in [0.25, 0.3) is 10.9 Å². The molecule has 2 heterocycles. The van der Waals surface area contributed by atoms with Gasteiger partial charge < -0.3 is 14.8 Å². The van der Waals surface area contributed by atoms with Gasteiger partial charge in [0.2, 0.25) is 0 Å². The van der Waals surface area contributed by atoms with E-state index in [1.807, 2.05) is 12.1 Å². The molecule has 0 radical (unpaired) electrons. The monoisotopic (exact) mass is 379 g/mol. The van der Waals surface area contributed by atoms with Crippen LogP contribution in [0.2, 0.25) is 0 Å². The third kappa shape index (κ3) is 4.38. The third-order valence-electron chi connectivity index (χ3n) is 5.65. The van der Waals surface area contributed by atoms with Crippen molar-refractivity contribution in [2.75, 3.05) is 33.4 Å². The van der Waals surface area contributed by atoms with Crippen molar-refractivity contribution >= 4 is 10.9 Å². The Balaban J connectivity index is 1.42. The molecule has 1 atom stereocenters. The Hall–Kier alpha value is -2.34. The number of fused-ring (bicyclic) bond motifs is 1. The van der Waals surface area contributed by atoms with Gasteiger partial charge in [-0.1, -0.05) is 30.3 Å². The molecule has 2 N–H and O–H groups in total. The number of methoxy groups -OCH3 is 1. The van der Waals surface area contributed by atoms with Gasteiger partial charge in [-0.15, -0.1) is 0 Å². The van der Waals surface area contributed by atoms with Crippen molar-refractivity contribution < 1.29 is 9.84 Å². The van der Waals surface area contributed by atoms with Gasteiger partial charge >= 0.3 is 0 Å². The molecule has 0 spiro atoms. The van der Waals surface area contributed by atoms with Crippen molar-refractivity contribution in [2.45, 2.75) is 25.6 Å². The van der Waals surface area contributed by atoms with Crippen LogP contribution in [0.3, 0.4) is 0 Å². The number of aromatic nitrogens is 1. The van der Waals surface area contributed by atoms with E-state index in [2.05, 4.69) is 57.2 Å². The number of para-hydroxylation sites is 1. The predicted molar refractivity (Wildman–Crippen MR) is 112 cm³/mol. The quantitative estimate of drug-likeness (QED) is 0.662. The summed E-state index contributed by atoms with van der Waals surface area (Å²) in [6, 6.07) is 19.3. The molecule has 4 rings (SSSR count). The van der Waals surface area contributed by atoms with Crippen molar-refractivity contribution in [1.29, 1.82) is 0 Å². The number of aliphatic hydroxyl groups is 1. The highest BCUT2D eigenvalue weighted by Crippen LogP contribution is 2.22. The van der Waals surface area contributed by atoms with E-state index in [0.29, 0.717) is 6.04 Å². The highest BCUT2D eigenvalue weighted by molar-refractivity contribution is 5.80. The zero-order chi connectivity index (χ0) is 19.3. The molecular formula is C23H29N3O2. The number of ether oxygens (including phenoxy) is 1. The second-order valence-electron chi connectivity index (χ2n) is 7.61. The molecule has 1 saturated heterocycles. The van der Waals surface area contributed by atoms with Crippen LogP contribution in [0.4, 0.5) is 0 Å². The molecule has 28 heavy (non-hydrogen) atoms. The van der Waals surface area contributed by atoms with E-state index in [1.165, 1.54) is 22.2 Å². The fourth-order valence-electron chi connectivity index (χ4n) is 4.20. The minimum atomic E-state index is 0.222. The van der Waals surface area contributed by atoms with E-state index in [9.17, 15) is 5.11 Å². The van der Waals surface area contributed by atoms with Crippen LogP contribution >= 0.6 is 0 Å². The molecule has 2 aromatic carbocycles. The zero-order valence-corrected chi connectivity index (χ0v) is 16.5. The maximum absolute atomic E-state index is 9.58. The van der Waals surface area contributed by atoms with Crippen molar-refractivity contribution in [3.8, 4) is 5.75 Å². The Bertz CT molecular complexity index is 875. The van der Waals surface area contributed by atoms with E-state index in [0.717, 1.165) is 44.9 Å². The average molecular weight is 380 g/mol. The van der Waals surface area contributed by atoms with Gasteiger partial charge in [0, 0.05) is 56.6 Å². The van der Waals surface area contributed by atoms with Crippen LogP contribution < -0.4 is 4.74 Å². The Morgan fingerprint density at radius 2 is 1.96 bits per heavy atom. The number of rotatable bonds is 7. The SMILES string of the molecule is COc1cccc(CN2CCN(Cc3cc4ccccc4[nH]3)C[C@H]2CCO)c1. The summed E-state index contributed by atoms with van der Waals surface area (Å²) in [6.07, 6.45) is 0.799. The molecular weight excluding hydrogens is 350 g/mol. The molecule has 0 saturated carbocycles. The first-order valence-electron chi connectivity index (χ1n) is 10.0. The number of nitrogens with one attached hydrogen (secondary N) is 1. The van der Waals surface area contributed by atoms with Gasteiger partial charge in [0.05, 0.1) is 7.11 Å². The minimum absolute atomic E-state index is 0.222.